The molecule has 0 aromatic rings. The summed E-state index contributed by atoms with van der Waals surface area (Å²) < 4.78 is 0. The summed E-state index contributed by atoms with van der Waals surface area (Å²) in [4.78, 5) is 13.9. The van der Waals surface area contributed by atoms with Crippen molar-refractivity contribution in [3.8, 4) is 0 Å². The van der Waals surface area contributed by atoms with Gasteiger partial charge in [0.05, 0.1) is 0 Å². The van der Waals surface area contributed by atoms with Crippen LogP contribution in [0.15, 0.2) is 0 Å². The first-order valence-corrected chi connectivity index (χ1v) is 5.54. The molecule has 74 valence electrons. The van der Waals surface area contributed by atoms with Crippen LogP contribution in [0.2, 0.25) is 0 Å². The molecular formula is C10H16ClNO. The monoisotopic (exact) mass is 201 g/mol. The van der Waals surface area contributed by atoms with Crippen LogP contribution in [-0.4, -0.2) is 29.8 Å². The van der Waals surface area contributed by atoms with Gasteiger partial charge in [0.15, 0.2) is 0 Å². The highest BCUT2D eigenvalue weighted by atomic mass is 35.5. The number of carbonyl (C=O) groups is 1. The van der Waals surface area contributed by atoms with Gasteiger partial charge in [-0.05, 0) is 25.2 Å². The van der Waals surface area contributed by atoms with E-state index in [-0.39, 0.29) is 5.41 Å². The fourth-order valence-electron chi connectivity index (χ4n) is 1.93. The number of alkyl halides is 1. The second-order valence-electron chi connectivity index (χ2n) is 4.62. The Morgan fingerprint density at radius 1 is 1.62 bits per heavy atom. The SMILES string of the molecule is CC1(C(=O)N2CCC(CCl)C2)CC1. The van der Waals surface area contributed by atoms with Crippen LogP contribution in [0.5, 0.6) is 0 Å². The lowest BCUT2D eigenvalue weighted by Crippen LogP contribution is -2.34. The molecule has 1 unspecified atom stereocenters. The van der Waals surface area contributed by atoms with Crippen LogP contribution >= 0.6 is 11.6 Å². The van der Waals surface area contributed by atoms with Gasteiger partial charge >= 0.3 is 0 Å². The number of hydrogen-bond acceptors (Lipinski definition) is 1. The van der Waals surface area contributed by atoms with Crippen molar-refractivity contribution in [2.45, 2.75) is 26.2 Å². The molecule has 1 amide bonds. The first-order chi connectivity index (χ1) is 6.15. The second-order valence-corrected chi connectivity index (χ2v) is 4.93. The largest absolute Gasteiger partial charge is 0.342 e. The van der Waals surface area contributed by atoms with Gasteiger partial charge in [-0.15, -0.1) is 11.6 Å². The van der Waals surface area contributed by atoms with Crippen molar-refractivity contribution in [2.75, 3.05) is 19.0 Å². The van der Waals surface area contributed by atoms with Crippen molar-refractivity contribution < 1.29 is 4.79 Å². The van der Waals surface area contributed by atoms with E-state index in [2.05, 4.69) is 6.92 Å². The molecule has 0 N–H and O–H groups in total. The van der Waals surface area contributed by atoms with Crippen molar-refractivity contribution in [1.82, 2.24) is 4.90 Å². The fraction of sp³-hybridized carbons (Fsp3) is 0.900. The van der Waals surface area contributed by atoms with Crippen molar-refractivity contribution in [3.05, 3.63) is 0 Å². The minimum Gasteiger partial charge on any atom is -0.342 e. The molecule has 0 aromatic heterocycles. The molecule has 1 aliphatic heterocycles. The van der Waals surface area contributed by atoms with Crippen LogP contribution in [0, 0.1) is 11.3 Å². The summed E-state index contributed by atoms with van der Waals surface area (Å²) in [5, 5.41) is 0. The van der Waals surface area contributed by atoms with Gasteiger partial charge in [0.1, 0.15) is 0 Å². The average molecular weight is 202 g/mol. The summed E-state index contributed by atoms with van der Waals surface area (Å²) >= 11 is 5.77. The number of nitrogens with zero attached hydrogens (tertiary/aromatic N) is 1. The number of likely N-dealkylation sites (tertiary alicyclic amines) is 1. The number of hydrogen-bond donors (Lipinski definition) is 0. The van der Waals surface area contributed by atoms with E-state index in [9.17, 15) is 4.79 Å². The maximum atomic E-state index is 11.9. The van der Waals surface area contributed by atoms with Gasteiger partial charge in [-0.25, -0.2) is 0 Å². The van der Waals surface area contributed by atoms with Crippen LogP contribution in [0.25, 0.3) is 0 Å². The molecule has 0 radical (unpaired) electrons. The van der Waals surface area contributed by atoms with Crippen molar-refractivity contribution in [2.24, 2.45) is 11.3 Å². The first-order valence-electron chi connectivity index (χ1n) is 5.01. The highest BCUT2D eigenvalue weighted by molar-refractivity contribution is 6.18. The molecule has 1 aliphatic carbocycles. The van der Waals surface area contributed by atoms with Crippen LogP contribution in [0.3, 0.4) is 0 Å². The van der Waals surface area contributed by atoms with E-state index in [1.165, 1.54) is 0 Å². The molecule has 0 aromatic carbocycles. The smallest absolute Gasteiger partial charge is 0.228 e. The van der Waals surface area contributed by atoms with Gasteiger partial charge < -0.3 is 4.90 Å². The molecule has 0 spiro atoms. The third kappa shape index (κ3) is 1.69. The Balaban J connectivity index is 1.92. The molecule has 3 heteroatoms. The minimum absolute atomic E-state index is 0.00119. The Labute approximate surface area is 84.2 Å². The van der Waals surface area contributed by atoms with Crippen molar-refractivity contribution in [3.63, 3.8) is 0 Å². The zero-order chi connectivity index (χ0) is 9.47. The molecule has 1 heterocycles. The third-order valence-corrected chi connectivity index (χ3v) is 3.74. The summed E-state index contributed by atoms with van der Waals surface area (Å²) in [6.07, 6.45) is 3.24. The Bertz CT molecular complexity index is 225. The summed E-state index contributed by atoms with van der Waals surface area (Å²) in [5.41, 5.74) is 0.00119. The van der Waals surface area contributed by atoms with Crippen LogP contribution in [-0.2, 0) is 4.79 Å². The van der Waals surface area contributed by atoms with Gasteiger partial charge in [-0.3, -0.25) is 4.79 Å². The highest BCUT2D eigenvalue weighted by Gasteiger charge is 2.48. The molecule has 2 fully saturated rings. The summed E-state index contributed by atoms with van der Waals surface area (Å²) in [5.74, 6) is 1.59. The van der Waals surface area contributed by atoms with Crippen LogP contribution < -0.4 is 0 Å². The number of halogens is 1. The molecule has 13 heavy (non-hydrogen) atoms. The molecule has 2 rings (SSSR count). The Kier molecular flexibility index (Phi) is 2.26. The highest BCUT2D eigenvalue weighted by Crippen LogP contribution is 2.47. The maximum Gasteiger partial charge on any atom is 0.228 e. The van der Waals surface area contributed by atoms with E-state index < -0.39 is 0 Å². The molecule has 2 nitrogen and oxygen atoms in total. The standard InChI is InChI=1S/C10H16ClNO/c1-10(3-4-10)9(13)12-5-2-8(6-11)7-12/h8H,2-7H2,1H3. The van der Waals surface area contributed by atoms with Crippen LogP contribution in [0.4, 0.5) is 0 Å². The molecule has 1 atom stereocenters. The fourth-order valence-corrected chi connectivity index (χ4v) is 2.18. The van der Waals surface area contributed by atoms with E-state index in [0.29, 0.717) is 17.7 Å². The summed E-state index contributed by atoms with van der Waals surface area (Å²) in [6, 6.07) is 0. The molecular weight excluding hydrogens is 186 g/mol. The van der Waals surface area contributed by atoms with Gasteiger partial charge in [-0.2, -0.15) is 0 Å². The van der Waals surface area contributed by atoms with Crippen molar-refractivity contribution in [1.29, 1.82) is 0 Å². The number of rotatable bonds is 2. The number of carbonyl (C=O) groups excluding carboxylic acids is 1. The second kappa shape index (κ2) is 3.16. The zero-order valence-corrected chi connectivity index (χ0v) is 8.81. The third-order valence-electron chi connectivity index (χ3n) is 3.31. The van der Waals surface area contributed by atoms with Crippen LogP contribution in [0.1, 0.15) is 26.2 Å². The van der Waals surface area contributed by atoms with E-state index in [1.807, 2.05) is 4.90 Å². The Morgan fingerprint density at radius 3 is 2.77 bits per heavy atom. The van der Waals surface area contributed by atoms with Gasteiger partial charge in [0, 0.05) is 24.4 Å². The summed E-state index contributed by atoms with van der Waals surface area (Å²) in [6.45, 7) is 3.88. The molecule has 0 bridgehead atoms. The first kappa shape index (κ1) is 9.32. The lowest BCUT2D eigenvalue weighted by molar-refractivity contribution is -0.135. The maximum absolute atomic E-state index is 11.9. The van der Waals surface area contributed by atoms with Crippen molar-refractivity contribution >= 4 is 17.5 Å². The minimum atomic E-state index is 0.00119. The normalized spacial score (nSPS) is 30.6. The lowest BCUT2D eigenvalue weighted by atomic mass is 10.1. The zero-order valence-electron chi connectivity index (χ0n) is 8.05. The van der Waals surface area contributed by atoms with E-state index >= 15 is 0 Å². The molecule has 2 aliphatic rings. The van der Waals surface area contributed by atoms with E-state index in [1.54, 1.807) is 0 Å². The molecule has 1 saturated heterocycles. The molecule has 1 saturated carbocycles. The van der Waals surface area contributed by atoms with Gasteiger partial charge in [-0.1, -0.05) is 6.92 Å². The summed E-state index contributed by atoms with van der Waals surface area (Å²) in [7, 11) is 0. The Hall–Kier alpha value is -0.240. The quantitative estimate of drug-likeness (QED) is 0.625. The van der Waals surface area contributed by atoms with Gasteiger partial charge in [0.25, 0.3) is 0 Å². The van der Waals surface area contributed by atoms with E-state index in [4.69, 9.17) is 11.6 Å². The average Bonchev–Trinajstić information content (AvgIpc) is 2.71. The topological polar surface area (TPSA) is 20.3 Å². The number of amides is 1. The van der Waals surface area contributed by atoms with E-state index in [0.717, 1.165) is 32.4 Å². The predicted octanol–water partition coefficient (Wildman–Crippen LogP) is 1.87. The Morgan fingerprint density at radius 2 is 2.31 bits per heavy atom. The lowest BCUT2D eigenvalue weighted by Gasteiger charge is -2.20. The van der Waals surface area contributed by atoms with Gasteiger partial charge in [0.2, 0.25) is 5.91 Å². The predicted molar refractivity (Wildman–Crippen MR) is 52.7 cm³/mol.